The second-order valence-electron chi connectivity index (χ2n) is 7.63. The second-order valence-corrected chi connectivity index (χ2v) is 8.49. The van der Waals surface area contributed by atoms with Gasteiger partial charge < -0.3 is 9.64 Å². The molecule has 1 aromatic heterocycles. The first kappa shape index (κ1) is 19.8. The van der Waals surface area contributed by atoms with Gasteiger partial charge >= 0.3 is 0 Å². The van der Waals surface area contributed by atoms with Crippen LogP contribution < -0.4 is 4.90 Å². The predicted molar refractivity (Wildman–Crippen MR) is 116 cm³/mol. The average molecular weight is 458 g/mol. The topological polar surface area (TPSA) is 54.8 Å². The molecule has 7 heteroatoms. The number of aromatic nitrogens is 1. The molecule has 1 amide bonds. The van der Waals surface area contributed by atoms with Crippen LogP contribution >= 0.6 is 15.9 Å². The molecule has 0 N–H and O–H groups in total. The minimum Gasteiger partial charge on any atom is -0.481 e. The summed E-state index contributed by atoms with van der Waals surface area (Å²) in [5.41, 5.74) is 2.89. The van der Waals surface area contributed by atoms with Crippen LogP contribution in [0.3, 0.4) is 0 Å². The van der Waals surface area contributed by atoms with Crippen LogP contribution in [0.1, 0.15) is 25.3 Å². The minimum atomic E-state index is -0.590. The van der Waals surface area contributed by atoms with E-state index < -0.39 is 5.41 Å². The smallest absolute Gasteiger partial charge is 0.237 e. The highest BCUT2D eigenvalue weighted by atomic mass is 79.9. The molecule has 1 saturated carbocycles. The van der Waals surface area contributed by atoms with Gasteiger partial charge in [-0.05, 0) is 54.4 Å². The molecule has 29 heavy (non-hydrogen) atoms. The molecule has 4 rings (SSSR count). The molecule has 0 unspecified atom stereocenters. The first-order chi connectivity index (χ1) is 13.8. The first-order valence-corrected chi connectivity index (χ1v) is 10.1. The van der Waals surface area contributed by atoms with Gasteiger partial charge in [-0.1, -0.05) is 11.6 Å². The summed E-state index contributed by atoms with van der Waals surface area (Å²) in [4.78, 5) is 23.1. The Balaban J connectivity index is 1.75. The summed E-state index contributed by atoms with van der Waals surface area (Å²) in [6.45, 7) is 5.52. The van der Waals surface area contributed by atoms with Gasteiger partial charge in [0.2, 0.25) is 11.8 Å². The van der Waals surface area contributed by atoms with E-state index in [4.69, 9.17) is 4.74 Å². The van der Waals surface area contributed by atoms with E-state index in [1.165, 1.54) is 6.07 Å². The van der Waals surface area contributed by atoms with Gasteiger partial charge in [0.05, 0.1) is 34.4 Å². The fourth-order valence-electron chi connectivity index (χ4n) is 4.48. The highest BCUT2D eigenvalue weighted by molar-refractivity contribution is 9.10. The number of nitrogens with zero attached hydrogens (tertiary/aromatic N) is 3. The van der Waals surface area contributed by atoms with Crippen molar-refractivity contribution in [2.45, 2.75) is 25.2 Å². The molecule has 1 fully saturated rings. The van der Waals surface area contributed by atoms with E-state index in [-0.39, 0.29) is 17.6 Å². The van der Waals surface area contributed by atoms with Crippen LogP contribution in [-0.4, -0.2) is 31.8 Å². The third-order valence-electron chi connectivity index (χ3n) is 6.13. The monoisotopic (exact) mass is 457 g/mol. The number of hydrogen-bond acceptors (Lipinski definition) is 4. The summed E-state index contributed by atoms with van der Waals surface area (Å²) in [6.07, 6.45) is 6.83. The quantitative estimate of drug-likeness (QED) is 0.372. The maximum Gasteiger partial charge on any atom is 0.237 e. The number of methoxy groups -OCH3 is 1. The van der Waals surface area contributed by atoms with Crippen molar-refractivity contribution in [3.05, 3.63) is 57.8 Å². The SMILES string of the molecule is C=N/C(=C\C=C(/C)[C@H]1C[C@@]2(C1)C(=O)N(C)c1cnc3cc(F)c(Br)cc3c12)OC. The number of ether oxygens (including phenoxy) is 1. The van der Waals surface area contributed by atoms with Crippen molar-refractivity contribution in [3.8, 4) is 0 Å². The Labute approximate surface area is 177 Å². The number of amides is 1. The minimum absolute atomic E-state index is 0.0761. The first-order valence-electron chi connectivity index (χ1n) is 9.28. The average Bonchev–Trinajstić information content (AvgIpc) is 2.90. The molecule has 5 nitrogen and oxygen atoms in total. The number of allylic oxidation sites excluding steroid dienone is 3. The van der Waals surface area contributed by atoms with Gasteiger partial charge in [0.25, 0.3) is 0 Å². The summed E-state index contributed by atoms with van der Waals surface area (Å²) < 4.78 is 19.5. The predicted octanol–water partition coefficient (Wildman–Crippen LogP) is 4.90. The van der Waals surface area contributed by atoms with E-state index in [0.29, 0.717) is 28.7 Å². The lowest BCUT2D eigenvalue weighted by Crippen LogP contribution is -2.49. The van der Waals surface area contributed by atoms with Crippen molar-refractivity contribution in [2.75, 3.05) is 19.1 Å². The lowest BCUT2D eigenvalue weighted by Gasteiger charge is -2.45. The third kappa shape index (κ3) is 2.90. The normalized spacial score (nSPS) is 24.1. The molecule has 1 aliphatic carbocycles. The van der Waals surface area contributed by atoms with Crippen LogP contribution in [-0.2, 0) is 14.9 Å². The van der Waals surface area contributed by atoms with Crippen molar-refractivity contribution >= 4 is 45.1 Å². The van der Waals surface area contributed by atoms with Crippen molar-refractivity contribution in [3.63, 3.8) is 0 Å². The Morgan fingerprint density at radius 3 is 2.83 bits per heavy atom. The molecule has 0 bridgehead atoms. The van der Waals surface area contributed by atoms with Crippen LogP contribution in [0, 0.1) is 11.7 Å². The largest absolute Gasteiger partial charge is 0.481 e. The van der Waals surface area contributed by atoms with E-state index in [1.807, 2.05) is 13.0 Å². The highest BCUT2D eigenvalue weighted by Crippen LogP contribution is 2.59. The Morgan fingerprint density at radius 2 is 2.17 bits per heavy atom. The summed E-state index contributed by atoms with van der Waals surface area (Å²) in [5, 5.41) is 0.825. The second kappa shape index (κ2) is 7.06. The number of carbonyl (C=O) groups is 1. The van der Waals surface area contributed by atoms with Crippen LogP contribution in [0.5, 0.6) is 0 Å². The molecule has 0 radical (unpaired) electrons. The maximum absolute atomic E-state index is 14.0. The highest BCUT2D eigenvalue weighted by Gasteiger charge is 2.58. The zero-order valence-electron chi connectivity index (χ0n) is 16.5. The number of hydrogen-bond donors (Lipinski definition) is 0. The Kier molecular flexibility index (Phi) is 4.81. The molecule has 1 aromatic carbocycles. The van der Waals surface area contributed by atoms with Crippen molar-refractivity contribution < 1.29 is 13.9 Å². The van der Waals surface area contributed by atoms with Gasteiger partial charge in [0.1, 0.15) is 5.82 Å². The molecule has 1 aliphatic heterocycles. The van der Waals surface area contributed by atoms with E-state index in [1.54, 1.807) is 37.4 Å². The Morgan fingerprint density at radius 1 is 1.45 bits per heavy atom. The lowest BCUT2D eigenvalue weighted by atomic mass is 9.57. The van der Waals surface area contributed by atoms with E-state index in [2.05, 4.69) is 32.6 Å². The molecule has 0 atom stereocenters. The maximum atomic E-state index is 14.0. The fourth-order valence-corrected chi connectivity index (χ4v) is 4.82. The molecular weight excluding hydrogens is 437 g/mol. The summed E-state index contributed by atoms with van der Waals surface area (Å²) >= 11 is 3.27. The van der Waals surface area contributed by atoms with Gasteiger partial charge in [0.15, 0.2) is 0 Å². The van der Waals surface area contributed by atoms with Crippen LogP contribution in [0.2, 0.25) is 0 Å². The zero-order valence-corrected chi connectivity index (χ0v) is 18.1. The van der Waals surface area contributed by atoms with Crippen LogP contribution in [0.4, 0.5) is 10.1 Å². The fraction of sp³-hybridized carbons (Fsp3) is 0.318. The molecule has 2 aliphatic rings. The molecule has 2 heterocycles. The Hall–Kier alpha value is -2.54. The van der Waals surface area contributed by atoms with Crippen molar-refractivity contribution in [2.24, 2.45) is 10.9 Å². The lowest BCUT2D eigenvalue weighted by molar-refractivity contribution is -0.127. The van der Waals surface area contributed by atoms with Crippen molar-refractivity contribution in [1.29, 1.82) is 0 Å². The van der Waals surface area contributed by atoms with E-state index in [0.717, 1.165) is 22.2 Å². The number of aliphatic imine (C=N–C) groups is 1. The van der Waals surface area contributed by atoms with E-state index >= 15 is 0 Å². The van der Waals surface area contributed by atoms with Crippen molar-refractivity contribution in [1.82, 2.24) is 4.98 Å². The number of rotatable bonds is 4. The molecule has 1 spiro atoms. The van der Waals surface area contributed by atoms with Crippen LogP contribution in [0.25, 0.3) is 10.9 Å². The summed E-state index contributed by atoms with van der Waals surface area (Å²) in [7, 11) is 3.33. The molecule has 0 saturated heterocycles. The van der Waals surface area contributed by atoms with Gasteiger partial charge in [-0.25, -0.2) is 9.38 Å². The third-order valence-corrected chi connectivity index (χ3v) is 6.74. The number of carbonyl (C=O) groups excluding carboxylic acids is 1. The van der Waals surface area contributed by atoms with Gasteiger partial charge in [-0.2, -0.15) is 0 Å². The molecular formula is C22H21BrFN3O2. The Bertz CT molecular complexity index is 1100. The molecule has 150 valence electrons. The van der Waals surface area contributed by atoms with Gasteiger partial charge in [0, 0.05) is 30.1 Å². The van der Waals surface area contributed by atoms with E-state index in [9.17, 15) is 9.18 Å². The summed E-state index contributed by atoms with van der Waals surface area (Å²) in [6, 6.07) is 3.15. The van der Waals surface area contributed by atoms with Gasteiger partial charge in [-0.15, -0.1) is 0 Å². The molecule has 2 aromatic rings. The number of halogens is 2. The number of benzene rings is 1. The van der Waals surface area contributed by atoms with Gasteiger partial charge in [-0.3, -0.25) is 9.78 Å². The number of pyridine rings is 1. The van der Waals surface area contributed by atoms with Crippen LogP contribution in [0.15, 0.2) is 51.4 Å². The standard InChI is InChI=1S/C22H21BrFN3O2/c1-12(5-6-19(25-2)29-4)13-9-22(10-13)20-14-7-15(23)16(24)8-17(14)26-11-18(20)27(3)21(22)28/h5-8,11,13H,2,9-10H2,1,3-4H3/b12-5+,19-6+/t13-,22-. The number of fused-ring (bicyclic) bond motifs is 4. The number of likely N-dealkylation sites (N-methyl/N-ethyl adjacent to an activating group) is 1. The summed E-state index contributed by atoms with van der Waals surface area (Å²) in [5.74, 6) is 0.430. The number of anilines is 1. The zero-order chi connectivity index (χ0) is 20.9.